The van der Waals surface area contributed by atoms with E-state index in [-0.39, 0.29) is 6.10 Å². The number of nitrogens with zero attached hydrogens (tertiary/aromatic N) is 1. The maximum atomic E-state index is 9.00. The first kappa shape index (κ1) is 15.4. The average molecular weight is 228 g/mol. The quantitative estimate of drug-likeness (QED) is 0.610. The summed E-state index contributed by atoms with van der Waals surface area (Å²) in [5.41, 5.74) is -0.479. The first-order valence-electron chi connectivity index (χ1n) is 5.89. The van der Waals surface area contributed by atoms with Crippen molar-refractivity contribution in [3.05, 3.63) is 0 Å². The van der Waals surface area contributed by atoms with Crippen molar-refractivity contribution in [3.8, 4) is 6.07 Å². The predicted molar refractivity (Wildman–Crippen MR) is 64.2 cm³/mol. The predicted octanol–water partition coefficient (Wildman–Crippen LogP) is 1.71. The zero-order valence-electron chi connectivity index (χ0n) is 10.9. The Morgan fingerprint density at radius 2 is 2.00 bits per heavy atom. The second-order valence-electron chi connectivity index (χ2n) is 4.26. The Balaban J connectivity index is 3.53. The second-order valence-corrected chi connectivity index (χ2v) is 4.26. The molecular weight excluding hydrogens is 204 g/mol. The number of hydrogen-bond acceptors (Lipinski definition) is 4. The van der Waals surface area contributed by atoms with Crippen LogP contribution in [0.3, 0.4) is 0 Å². The molecule has 0 radical (unpaired) electrons. The van der Waals surface area contributed by atoms with Crippen LogP contribution in [0.1, 0.15) is 34.1 Å². The fraction of sp³-hybridized carbons (Fsp3) is 0.917. The molecule has 0 amide bonds. The van der Waals surface area contributed by atoms with Crippen LogP contribution >= 0.6 is 0 Å². The van der Waals surface area contributed by atoms with Crippen LogP contribution in [0, 0.1) is 11.3 Å². The lowest BCUT2D eigenvalue weighted by Gasteiger charge is -2.22. The summed E-state index contributed by atoms with van der Waals surface area (Å²) in [4.78, 5) is 0. The SMILES string of the molecule is CCNC(C)(C#N)CCOCCOC(C)C. The molecule has 0 aromatic heterocycles. The summed E-state index contributed by atoms with van der Waals surface area (Å²) < 4.78 is 10.8. The van der Waals surface area contributed by atoms with Crippen molar-refractivity contribution in [2.24, 2.45) is 0 Å². The van der Waals surface area contributed by atoms with Crippen molar-refractivity contribution in [2.75, 3.05) is 26.4 Å². The van der Waals surface area contributed by atoms with Gasteiger partial charge in [-0.2, -0.15) is 5.26 Å². The molecule has 0 aliphatic heterocycles. The van der Waals surface area contributed by atoms with E-state index in [9.17, 15) is 0 Å². The molecule has 4 heteroatoms. The van der Waals surface area contributed by atoms with Crippen molar-refractivity contribution in [1.82, 2.24) is 5.32 Å². The van der Waals surface area contributed by atoms with Crippen molar-refractivity contribution >= 4 is 0 Å². The molecule has 1 atom stereocenters. The van der Waals surface area contributed by atoms with Crippen LogP contribution in [0.2, 0.25) is 0 Å². The normalized spacial score (nSPS) is 14.8. The summed E-state index contributed by atoms with van der Waals surface area (Å²) in [6.45, 7) is 10.5. The second kappa shape index (κ2) is 8.51. The van der Waals surface area contributed by atoms with Gasteiger partial charge in [0.25, 0.3) is 0 Å². The van der Waals surface area contributed by atoms with E-state index >= 15 is 0 Å². The van der Waals surface area contributed by atoms with Gasteiger partial charge in [0, 0.05) is 13.0 Å². The highest BCUT2D eigenvalue weighted by atomic mass is 16.5. The van der Waals surface area contributed by atoms with Gasteiger partial charge in [-0.25, -0.2) is 0 Å². The Labute approximate surface area is 98.9 Å². The number of nitrogens with one attached hydrogen (secondary N) is 1. The lowest BCUT2D eigenvalue weighted by atomic mass is 10.0. The Kier molecular flexibility index (Phi) is 8.18. The lowest BCUT2D eigenvalue weighted by molar-refractivity contribution is 0.0162. The van der Waals surface area contributed by atoms with Crippen LogP contribution < -0.4 is 5.32 Å². The van der Waals surface area contributed by atoms with Gasteiger partial charge in [0.15, 0.2) is 0 Å². The molecule has 94 valence electrons. The number of ether oxygens (including phenoxy) is 2. The van der Waals surface area contributed by atoms with E-state index in [1.54, 1.807) is 0 Å². The van der Waals surface area contributed by atoms with Crippen LogP contribution in [0.4, 0.5) is 0 Å². The van der Waals surface area contributed by atoms with E-state index < -0.39 is 5.54 Å². The monoisotopic (exact) mass is 228 g/mol. The minimum atomic E-state index is -0.479. The number of hydrogen-bond donors (Lipinski definition) is 1. The molecule has 0 saturated carbocycles. The molecule has 0 fully saturated rings. The van der Waals surface area contributed by atoms with Crippen LogP contribution in [-0.2, 0) is 9.47 Å². The third kappa shape index (κ3) is 7.63. The first-order valence-corrected chi connectivity index (χ1v) is 5.89. The molecule has 4 nitrogen and oxygen atoms in total. The van der Waals surface area contributed by atoms with Crippen molar-refractivity contribution in [3.63, 3.8) is 0 Å². The summed E-state index contributed by atoms with van der Waals surface area (Å²) in [5, 5.41) is 12.1. The summed E-state index contributed by atoms with van der Waals surface area (Å²) >= 11 is 0. The van der Waals surface area contributed by atoms with Crippen molar-refractivity contribution in [2.45, 2.75) is 45.8 Å². The molecule has 16 heavy (non-hydrogen) atoms. The van der Waals surface area contributed by atoms with Gasteiger partial charge >= 0.3 is 0 Å². The highest BCUT2D eigenvalue weighted by Crippen LogP contribution is 2.07. The molecule has 0 aliphatic rings. The first-order chi connectivity index (χ1) is 7.54. The van der Waals surface area contributed by atoms with Gasteiger partial charge in [-0.05, 0) is 27.3 Å². The summed E-state index contributed by atoms with van der Waals surface area (Å²) in [7, 11) is 0. The summed E-state index contributed by atoms with van der Waals surface area (Å²) in [6, 6.07) is 2.27. The smallest absolute Gasteiger partial charge is 0.106 e. The third-order valence-corrected chi connectivity index (χ3v) is 2.24. The minimum Gasteiger partial charge on any atom is -0.379 e. The molecule has 1 unspecified atom stereocenters. The molecule has 0 aromatic carbocycles. The van der Waals surface area contributed by atoms with E-state index in [1.165, 1.54) is 0 Å². The van der Waals surface area contributed by atoms with Crippen LogP contribution in [0.15, 0.2) is 0 Å². The minimum absolute atomic E-state index is 0.245. The van der Waals surface area contributed by atoms with E-state index in [0.29, 0.717) is 26.2 Å². The van der Waals surface area contributed by atoms with Crippen LogP contribution in [-0.4, -0.2) is 38.0 Å². The molecule has 0 bridgehead atoms. The molecule has 0 aromatic rings. The number of rotatable bonds is 9. The van der Waals surface area contributed by atoms with Crippen molar-refractivity contribution in [1.29, 1.82) is 5.26 Å². The number of nitriles is 1. The van der Waals surface area contributed by atoms with Crippen molar-refractivity contribution < 1.29 is 9.47 Å². The fourth-order valence-electron chi connectivity index (χ4n) is 1.30. The standard InChI is InChI=1S/C12H24N2O2/c1-5-14-12(4,10-13)6-7-15-8-9-16-11(2)3/h11,14H,5-9H2,1-4H3. The molecule has 0 heterocycles. The Hall–Kier alpha value is -0.630. The van der Waals surface area contributed by atoms with Crippen LogP contribution in [0.25, 0.3) is 0 Å². The van der Waals surface area contributed by atoms with Gasteiger partial charge < -0.3 is 9.47 Å². The van der Waals surface area contributed by atoms with E-state index in [4.69, 9.17) is 14.7 Å². The topological polar surface area (TPSA) is 54.3 Å². The molecule has 0 spiro atoms. The van der Waals surface area contributed by atoms with Crippen LogP contribution in [0.5, 0.6) is 0 Å². The molecule has 1 N–H and O–H groups in total. The molecule has 0 aliphatic carbocycles. The van der Waals surface area contributed by atoms with Gasteiger partial charge in [-0.15, -0.1) is 0 Å². The highest BCUT2D eigenvalue weighted by Gasteiger charge is 2.21. The maximum absolute atomic E-state index is 9.00. The van der Waals surface area contributed by atoms with E-state index in [2.05, 4.69) is 11.4 Å². The third-order valence-electron chi connectivity index (χ3n) is 2.24. The zero-order chi connectivity index (χ0) is 12.4. The zero-order valence-corrected chi connectivity index (χ0v) is 10.9. The lowest BCUT2D eigenvalue weighted by Crippen LogP contribution is -2.41. The average Bonchev–Trinajstić information content (AvgIpc) is 2.23. The van der Waals surface area contributed by atoms with Gasteiger partial charge in [0.1, 0.15) is 5.54 Å². The molecular formula is C12H24N2O2. The Bertz CT molecular complexity index is 214. The van der Waals surface area contributed by atoms with E-state index in [0.717, 1.165) is 6.54 Å². The van der Waals surface area contributed by atoms with Gasteiger partial charge in [-0.3, -0.25) is 5.32 Å². The van der Waals surface area contributed by atoms with Gasteiger partial charge in [0.2, 0.25) is 0 Å². The van der Waals surface area contributed by atoms with Gasteiger partial charge in [-0.1, -0.05) is 6.92 Å². The van der Waals surface area contributed by atoms with Gasteiger partial charge in [0.05, 0.1) is 25.4 Å². The maximum Gasteiger partial charge on any atom is 0.106 e. The Morgan fingerprint density at radius 1 is 1.31 bits per heavy atom. The largest absolute Gasteiger partial charge is 0.379 e. The highest BCUT2D eigenvalue weighted by molar-refractivity contribution is 5.03. The summed E-state index contributed by atoms with van der Waals surface area (Å²) in [5.74, 6) is 0. The van der Waals surface area contributed by atoms with E-state index in [1.807, 2.05) is 27.7 Å². The Morgan fingerprint density at radius 3 is 2.50 bits per heavy atom. The fourth-order valence-corrected chi connectivity index (χ4v) is 1.30. The molecule has 0 saturated heterocycles. The summed E-state index contributed by atoms with van der Waals surface area (Å²) in [6.07, 6.45) is 0.939. The molecule has 0 rings (SSSR count).